The second-order valence-corrected chi connectivity index (χ2v) is 11.1. The predicted octanol–water partition coefficient (Wildman–Crippen LogP) is 7.66. The topological polar surface area (TPSA) is 96.5 Å². The van der Waals surface area contributed by atoms with E-state index in [4.69, 9.17) is 16.3 Å². The molecule has 0 bridgehead atoms. The van der Waals surface area contributed by atoms with Gasteiger partial charge in [0.1, 0.15) is 11.4 Å². The fraction of sp³-hybridized carbons (Fsp3) is 0.147. The third-order valence-electron chi connectivity index (χ3n) is 6.18. The molecule has 3 N–H and O–H groups in total. The third-order valence-corrected chi connectivity index (χ3v) is 7.79. The Kier molecular flexibility index (Phi) is 11.4. The lowest BCUT2D eigenvalue weighted by Crippen LogP contribution is -2.30. The predicted molar refractivity (Wildman–Crippen MR) is 175 cm³/mol. The third kappa shape index (κ3) is 9.49. The molecule has 220 valence electrons. The van der Waals surface area contributed by atoms with E-state index in [1.54, 1.807) is 84.9 Å². The van der Waals surface area contributed by atoms with Gasteiger partial charge in [0.05, 0.1) is 11.9 Å². The molecule has 0 aliphatic carbocycles. The molecule has 0 aliphatic rings. The van der Waals surface area contributed by atoms with E-state index in [9.17, 15) is 14.4 Å². The van der Waals surface area contributed by atoms with Gasteiger partial charge < -0.3 is 20.7 Å². The van der Waals surface area contributed by atoms with Crippen LogP contribution >= 0.6 is 23.4 Å². The van der Waals surface area contributed by atoms with Crippen LogP contribution in [0.2, 0.25) is 5.02 Å². The van der Waals surface area contributed by atoms with Crippen molar-refractivity contribution in [2.45, 2.75) is 30.4 Å². The lowest BCUT2D eigenvalue weighted by atomic mass is 10.1. The smallest absolute Gasteiger partial charge is 0.272 e. The van der Waals surface area contributed by atoms with E-state index in [2.05, 4.69) is 16.0 Å². The highest BCUT2D eigenvalue weighted by Gasteiger charge is 2.19. The standard InChI is InChI=1S/C34H32ClN3O4S/c1-3-31(34(41)36-26-17-15-25(35)16-18-26)43-29-12-8-11-27(22-29)37-33(40)30(38-32(39)24-9-6-5-7-10-24)21-23-13-19-28(20-14-23)42-4-2/h5-22,31H,3-4H2,1-2H3,(H,36,41)(H,37,40)(H,38,39)/b30-21+. The number of hydrogen-bond acceptors (Lipinski definition) is 5. The van der Waals surface area contributed by atoms with Crippen molar-refractivity contribution in [2.75, 3.05) is 17.2 Å². The molecule has 1 atom stereocenters. The molecule has 1 unspecified atom stereocenters. The monoisotopic (exact) mass is 613 g/mol. The fourth-order valence-electron chi connectivity index (χ4n) is 4.02. The minimum absolute atomic E-state index is 0.0739. The number of nitrogens with one attached hydrogen (secondary N) is 3. The van der Waals surface area contributed by atoms with Crippen molar-refractivity contribution in [3.8, 4) is 5.75 Å². The van der Waals surface area contributed by atoms with Crippen LogP contribution in [0.1, 0.15) is 36.2 Å². The number of carbonyl (C=O) groups is 3. The second kappa shape index (κ2) is 15.6. The summed E-state index contributed by atoms with van der Waals surface area (Å²) in [6.07, 6.45) is 2.21. The number of halogens is 1. The van der Waals surface area contributed by atoms with Crippen molar-refractivity contribution >= 4 is 58.5 Å². The molecule has 3 amide bonds. The molecule has 4 aromatic carbocycles. The van der Waals surface area contributed by atoms with Crippen molar-refractivity contribution in [1.82, 2.24) is 5.32 Å². The molecule has 4 aromatic rings. The Hall–Kier alpha value is -4.53. The van der Waals surface area contributed by atoms with Crippen LogP contribution in [0.15, 0.2) is 114 Å². The number of anilines is 2. The molecule has 4 rings (SSSR count). The average Bonchev–Trinajstić information content (AvgIpc) is 3.02. The summed E-state index contributed by atoms with van der Waals surface area (Å²) in [6, 6.07) is 30.1. The van der Waals surface area contributed by atoms with Crippen LogP contribution in [-0.4, -0.2) is 29.6 Å². The first-order chi connectivity index (χ1) is 20.8. The average molecular weight is 614 g/mol. The highest BCUT2D eigenvalue weighted by molar-refractivity contribution is 8.00. The lowest BCUT2D eigenvalue weighted by molar-refractivity contribution is -0.116. The van der Waals surface area contributed by atoms with Gasteiger partial charge in [-0.3, -0.25) is 14.4 Å². The number of amides is 3. The Balaban J connectivity index is 1.50. The Morgan fingerprint density at radius 2 is 1.56 bits per heavy atom. The lowest BCUT2D eigenvalue weighted by Gasteiger charge is -2.16. The van der Waals surface area contributed by atoms with Gasteiger partial charge in [0.25, 0.3) is 11.8 Å². The van der Waals surface area contributed by atoms with E-state index < -0.39 is 11.8 Å². The Morgan fingerprint density at radius 3 is 2.23 bits per heavy atom. The fourth-order valence-corrected chi connectivity index (χ4v) is 5.16. The minimum Gasteiger partial charge on any atom is -0.494 e. The highest BCUT2D eigenvalue weighted by atomic mass is 35.5. The molecule has 0 radical (unpaired) electrons. The van der Waals surface area contributed by atoms with Crippen LogP contribution < -0.4 is 20.7 Å². The molecule has 0 fully saturated rings. The van der Waals surface area contributed by atoms with Gasteiger partial charge in [0, 0.05) is 26.9 Å². The molecule has 0 aliphatic heterocycles. The largest absolute Gasteiger partial charge is 0.494 e. The van der Waals surface area contributed by atoms with Gasteiger partial charge in [-0.15, -0.1) is 11.8 Å². The van der Waals surface area contributed by atoms with Gasteiger partial charge in [-0.1, -0.05) is 54.9 Å². The number of rotatable bonds is 12. The molecule has 0 saturated carbocycles. The summed E-state index contributed by atoms with van der Waals surface area (Å²) in [5.41, 5.74) is 2.40. The number of ether oxygens (including phenoxy) is 1. The van der Waals surface area contributed by atoms with Crippen LogP contribution in [0.5, 0.6) is 5.75 Å². The van der Waals surface area contributed by atoms with Crippen molar-refractivity contribution in [1.29, 1.82) is 0 Å². The summed E-state index contributed by atoms with van der Waals surface area (Å²) in [4.78, 5) is 40.2. The van der Waals surface area contributed by atoms with E-state index in [0.717, 1.165) is 4.90 Å². The maximum atomic E-state index is 13.5. The zero-order chi connectivity index (χ0) is 30.6. The number of hydrogen-bond donors (Lipinski definition) is 3. The van der Waals surface area contributed by atoms with E-state index in [1.807, 2.05) is 38.1 Å². The molecule has 0 aromatic heterocycles. The first-order valence-electron chi connectivity index (χ1n) is 13.8. The van der Waals surface area contributed by atoms with Crippen molar-refractivity contribution < 1.29 is 19.1 Å². The number of carbonyl (C=O) groups excluding carboxylic acids is 3. The zero-order valence-electron chi connectivity index (χ0n) is 23.8. The first kappa shape index (κ1) is 31.4. The molecule has 0 spiro atoms. The van der Waals surface area contributed by atoms with Gasteiger partial charge >= 0.3 is 0 Å². The summed E-state index contributed by atoms with van der Waals surface area (Å²) in [5.74, 6) is -0.323. The Morgan fingerprint density at radius 1 is 0.837 bits per heavy atom. The van der Waals surface area contributed by atoms with E-state index in [-0.39, 0.29) is 16.9 Å². The first-order valence-corrected chi connectivity index (χ1v) is 15.1. The van der Waals surface area contributed by atoms with Gasteiger partial charge in [-0.25, -0.2) is 0 Å². The summed E-state index contributed by atoms with van der Waals surface area (Å²) < 4.78 is 5.51. The van der Waals surface area contributed by atoms with E-state index >= 15 is 0 Å². The van der Waals surface area contributed by atoms with Gasteiger partial charge in [-0.2, -0.15) is 0 Å². The molecule has 0 saturated heterocycles. The zero-order valence-corrected chi connectivity index (χ0v) is 25.4. The molecular weight excluding hydrogens is 582 g/mol. The second-order valence-electron chi connectivity index (χ2n) is 9.37. The van der Waals surface area contributed by atoms with Crippen LogP contribution in [0.25, 0.3) is 6.08 Å². The van der Waals surface area contributed by atoms with Crippen LogP contribution in [0.4, 0.5) is 11.4 Å². The van der Waals surface area contributed by atoms with E-state index in [1.165, 1.54) is 11.8 Å². The summed E-state index contributed by atoms with van der Waals surface area (Å²) in [7, 11) is 0. The maximum absolute atomic E-state index is 13.5. The van der Waals surface area contributed by atoms with Crippen molar-refractivity contribution in [2.24, 2.45) is 0 Å². The molecular formula is C34H32ClN3O4S. The van der Waals surface area contributed by atoms with Crippen molar-refractivity contribution in [3.05, 3.63) is 125 Å². The van der Waals surface area contributed by atoms with Crippen molar-refractivity contribution in [3.63, 3.8) is 0 Å². The van der Waals surface area contributed by atoms with E-state index in [0.29, 0.717) is 46.3 Å². The highest BCUT2D eigenvalue weighted by Crippen LogP contribution is 2.29. The summed E-state index contributed by atoms with van der Waals surface area (Å²) in [6.45, 7) is 4.39. The van der Waals surface area contributed by atoms with Crippen LogP contribution in [0.3, 0.4) is 0 Å². The Labute approximate surface area is 260 Å². The number of benzene rings is 4. The maximum Gasteiger partial charge on any atom is 0.272 e. The molecule has 43 heavy (non-hydrogen) atoms. The Bertz CT molecular complexity index is 1580. The van der Waals surface area contributed by atoms with Gasteiger partial charge in [0.15, 0.2) is 0 Å². The quantitative estimate of drug-likeness (QED) is 0.113. The molecule has 0 heterocycles. The van der Waals surface area contributed by atoms with Crippen LogP contribution in [-0.2, 0) is 9.59 Å². The number of thioether (sulfide) groups is 1. The normalized spacial score (nSPS) is 11.7. The van der Waals surface area contributed by atoms with Gasteiger partial charge in [-0.05, 0) is 91.7 Å². The van der Waals surface area contributed by atoms with Gasteiger partial charge in [0.2, 0.25) is 5.91 Å². The molecule has 7 nitrogen and oxygen atoms in total. The van der Waals surface area contributed by atoms with Crippen LogP contribution in [0, 0.1) is 0 Å². The SMILES string of the molecule is CCOc1ccc(/C=C(/NC(=O)c2ccccc2)C(=O)Nc2cccc(SC(CC)C(=O)Nc3ccc(Cl)cc3)c2)cc1. The summed E-state index contributed by atoms with van der Waals surface area (Å²) in [5, 5.41) is 8.79. The summed E-state index contributed by atoms with van der Waals surface area (Å²) >= 11 is 7.35. The molecule has 9 heteroatoms. The minimum atomic E-state index is -0.493.